The molecule has 6 nitrogen and oxygen atoms in total. The van der Waals surface area contributed by atoms with E-state index in [0.29, 0.717) is 6.54 Å². The van der Waals surface area contributed by atoms with Gasteiger partial charge in [-0.1, -0.05) is 30.3 Å². The van der Waals surface area contributed by atoms with E-state index in [4.69, 9.17) is 4.74 Å². The molecule has 6 heteroatoms. The molecule has 1 aromatic heterocycles. The average Bonchev–Trinajstić information content (AvgIpc) is 3.37. The minimum Gasteiger partial charge on any atom is -0.497 e. The van der Waals surface area contributed by atoms with Crippen LogP contribution >= 0.6 is 0 Å². The van der Waals surface area contributed by atoms with Gasteiger partial charge in [0.2, 0.25) is 5.91 Å². The Hall–Kier alpha value is -3.12. The van der Waals surface area contributed by atoms with Gasteiger partial charge in [0.15, 0.2) is 0 Å². The number of para-hydroxylation sites is 1. The highest BCUT2D eigenvalue weighted by Gasteiger charge is 2.31. The third kappa shape index (κ3) is 4.32. The molecule has 1 atom stereocenters. The first-order valence-corrected chi connectivity index (χ1v) is 9.93. The van der Waals surface area contributed by atoms with Gasteiger partial charge in [0.05, 0.1) is 13.2 Å². The van der Waals surface area contributed by atoms with Gasteiger partial charge in [0.1, 0.15) is 11.6 Å². The van der Waals surface area contributed by atoms with Gasteiger partial charge in [-0.15, -0.1) is 0 Å². The summed E-state index contributed by atoms with van der Waals surface area (Å²) < 4.78 is 5.25. The van der Waals surface area contributed by atoms with Crippen molar-refractivity contribution in [2.75, 3.05) is 19.0 Å². The van der Waals surface area contributed by atoms with Crippen molar-refractivity contribution in [2.24, 2.45) is 0 Å². The summed E-state index contributed by atoms with van der Waals surface area (Å²) in [6.45, 7) is 3.56. The molecule has 0 radical (unpaired) electrons. The van der Waals surface area contributed by atoms with Crippen LogP contribution in [0.3, 0.4) is 0 Å². The number of aromatic amines is 1. The number of aryl methyl sites for hydroxylation is 1. The molecule has 0 saturated carbocycles. The number of aromatic nitrogens is 2. The van der Waals surface area contributed by atoms with Crippen LogP contribution in [-0.2, 0) is 11.3 Å². The lowest BCUT2D eigenvalue weighted by Gasteiger charge is -2.23. The number of likely N-dealkylation sites (tertiary alicyclic amines) is 1. The molecular formula is C23H26N4O2. The SMILES string of the molecule is COc1ccc(-c2ccccc2NC(=O)C2CCCN2Cc2cnc(C)[nH]2)cc1. The lowest BCUT2D eigenvalue weighted by atomic mass is 10.0. The van der Waals surface area contributed by atoms with E-state index in [1.165, 1.54) is 0 Å². The number of hydrogen-bond donors (Lipinski definition) is 2. The Bertz CT molecular complexity index is 981. The van der Waals surface area contributed by atoms with Crippen molar-refractivity contribution in [3.8, 4) is 16.9 Å². The van der Waals surface area contributed by atoms with Crippen LogP contribution < -0.4 is 10.1 Å². The van der Waals surface area contributed by atoms with Gasteiger partial charge in [-0.05, 0) is 50.1 Å². The third-order valence-electron chi connectivity index (χ3n) is 5.38. The Kier molecular flexibility index (Phi) is 5.62. The Morgan fingerprint density at radius 2 is 2.03 bits per heavy atom. The first-order valence-electron chi connectivity index (χ1n) is 9.93. The van der Waals surface area contributed by atoms with E-state index in [-0.39, 0.29) is 11.9 Å². The highest BCUT2D eigenvalue weighted by Crippen LogP contribution is 2.30. The van der Waals surface area contributed by atoms with Gasteiger partial charge in [0.25, 0.3) is 0 Å². The maximum atomic E-state index is 13.1. The van der Waals surface area contributed by atoms with Crippen LogP contribution in [-0.4, -0.2) is 40.5 Å². The standard InChI is InChI=1S/C23H26N4O2/c1-16-24-14-18(25-16)15-27-13-5-8-22(27)23(28)26-21-7-4-3-6-20(21)17-9-11-19(29-2)12-10-17/h3-4,6-7,9-12,14,22H,5,8,13,15H2,1-2H3,(H,24,25)(H,26,28). The number of benzene rings is 2. The van der Waals surface area contributed by atoms with Gasteiger partial charge in [-0.2, -0.15) is 0 Å². The molecule has 0 spiro atoms. The predicted octanol–water partition coefficient (Wildman–Crippen LogP) is 4.00. The Morgan fingerprint density at radius 1 is 1.24 bits per heavy atom. The van der Waals surface area contributed by atoms with Crippen LogP contribution in [0.15, 0.2) is 54.7 Å². The summed E-state index contributed by atoms with van der Waals surface area (Å²) in [4.78, 5) is 22.8. The number of carbonyl (C=O) groups excluding carboxylic acids is 1. The van der Waals surface area contributed by atoms with Gasteiger partial charge in [0, 0.05) is 29.7 Å². The summed E-state index contributed by atoms with van der Waals surface area (Å²) in [5, 5.41) is 3.16. The van der Waals surface area contributed by atoms with E-state index in [2.05, 4.69) is 20.2 Å². The third-order valence-corrected chi connectivity index (χ3v) is 5.38. The van der Waals surface area contributed by atoms with Crippen molar-refractivity contribution in [3.05, 3.63) is 66.2 Å². The van der Waals surface area contributed by atoms with E-state index in [9.17, 15) is 4.79 Å². The predicted molar refractivity (Wildman–Crippen MR) is 114 cm³/mol. The number of ether oxygens (including phenoxy) is 1. The zero-order chi connectivity index (χ0) is 20.2. The van der Waals surface area contributed by atoms with E-state index >= 15 is 0 Å². The lowest BCUT2D eigenvalue weighted by Crippen LogP contribution is -2.39. The van der Waals surface area contributed by atoms with Crippen LogP contribution in [0.4, 0.5) is 5.69 Å². The maximum absolute atomic E-state index is 13.1. The summed E-state index contributed by atoms with van der Waals surface area (Å²) in [6.07, 6.45) is 3.73. The van der Waals surface area contributed by atoms with E-state index in [0.717, 1.165) is 53.5 Å². The average molecular weight is 390 g/mol. The summed E-state index contributed by atoms with van der Waals surface area (Å²) in [5.41, 5.74) is 3.91. The van der Waals surface area contributed by atoms with Crippen molar-refractivity contribution in [2.45, 2.75) is 32.4 Å². The molecular weight excluding hydrogens is 364 g/mol. The molecule has 1 amide bonds. The van der Waals surface area contributed by atoms with Crippen molar-refractivity contribution in [1.82, 2.24) is 14.9 Å². The van der Waals surface area contributed by atoms with E-state index in [1.54, 1.807) is 7.11 Å². The van der Waals surface area contributed by atoms with Crippen molar-refractivity contribution >= 4 is 11.6 Å². The normalized spacial score (nSPS) is 16.7. The smallest absolute Gasteiger partial charge is 0.241 e. The lowest BCUT2D eigenvalue weighted by molar-refractivity contribution is -0.120. The number of H-pyrrole nitrogens is 1. The Morgan fingerprint density at radius 3 is 2.76 bits per heavy atom. The second kappa shape index (κ2) is 8.49. The quantitative estimate of drug-likeness (QED) is 0.668. The van der Waals surface area contributed by atoms with Gasteiger partial charge in [-0.3, -0.25) is 9.69 Å². The number of amides is 1. The fraction of sp³-hybridized carbons (Fsp3) is 0.304. The number of methoxy groups -OCH3 is 1. The highest BCUT2D eigenvalue weighted by molar-refractivity contribution is 5.98. The van der Waals surface area contributed by atoms with Crippen molar-refractivity contribution in [3.63, 3.8) is 0 Å². The van der Waals surface area contributed by atoms with Gasteiger partial charge >= 0.3 is 0 Å². The largest absolute Gasteiger partial charge is 0.497 e. The van der Waals surface area contributed by atoms with Crippen molar-refractivity contribution < 1.29 is 9.53 Å². The van der Waals surface area contributed by atoms with Crippen LogP contribution in [0.25, 0.3) is 11.1 Å². The number of hydrogen-bond acceptors (Lipinski definition) is 4. The molecule has 3 aromatic rings. The second-order valence-electron chi connectivity index (χ2n) is 7.39. The van der Waals surface area contributed by atoms with Crippen LogP contribution in [0.5, 0.6) is 5.75 Å². The summed E-state index contributed by atoms with van der Waals surface area (Å²) >= 11 is 0. The molecule has 2 aromatic carbocycles. The first kappa shape index (κ1) is 19.2. The Balaban J connectivity index is 1.50. The van der Waals surface area contributed by atoms with Crippen molar-refractivity contribution in [1.29, 1.82) is 0 Å². The molecule has 4 rings (SSSR count). The monoisotopic (exact) mass is 390 g/mol. The highest BCUT2D eigenvalue weighted by atomic mass is 16.5. The first-order chi connectivity index (χ1) is 14.1. The van der Waals surface area contributed by atoms with Gasteiger partial charge < -0.3 is 15.0 Å². The Labute approximate surface area is 170 Å². The molecule has 1 fully saturated rings. The zero-order valence-electron chi connectivity index (χ0n) is 16.8. The summed E-state index contributed by atoms with van der Waals surface area (Å²) in [5.74, 6) is 1.75. The number of anilines is 1. The van der Waals surface area contributed by atoms with Gasteiger partial charge in [-0.25, -0.2) is 4.98 Å². The van der Waals surface area contributed by atoms with Crippen LogP contribution in [0.2, 0.25) is 0 Å². The minimum absolute atomic E-state index is 0.0414. The summed E-state index contributed by atoms with van der Waals surface area (Å²) in [7, 11) is 1.65. The van der Waals surface area contributed by atoms with E-state index in [1.807, 2.05) is 61.7 Å². The molecule has 1 aliphatic heterocycles. The fourth-order valence-corrected chi connectivity index (χ4v) is 3.91. The van der Waals surface area contributed by atoms with Crippen LogP contribution in [0, 0.1) is 6.92 Å². The minimum atomic E-state index is -0.137. The number of nitrogens with one attached hydrogen (secondary N) is 2. The molecule has 1 saturated heterocycles. The molecule has 1 unspecified atom stereocenters. The number of imidazole rings is 1. The number of nitrogens with zero attached hydrogens (tertiary/aromatic N) is 2. The van der Waals surface area contributed by atoms with Crippen LogP contribution in [0.1, 0.15) is 24.4 Å². The second-order valence-corrected chi connectivity index (χ2v) is 7.39. The molecule has 2 N–H and O–H groups in total. The fourth-order valence-electron chi connectivity index (χ4n) is 3.91. The molecule has 29 heavy (non-hydrogen) atoms. The molecule has 2 heterocycles. The molecule has 150 valence electrons. The number of rotatable bonds is 6. The maximum Gasteiger partial charge on any atom is 0.241 e. The zero-order valence-corrected chi connectivity index (χ0v) is 16.8. The number of carbonyl (C=O) groups is 1. The summed E-state index contributed by atoms with van der Waals surface area (Å²) in [6, 6.07) is 15.6. The topological polar surface area (TPSA) is 70.2 Å². The molecule has 0 aliphatic carbocycles. The molecule has 1 aliphatic rings. The molecule has 0 bridgehead atoms. The van der Waals surface area contributed by atoms with E-state index < -0.39 is 0 Å².